The van der Waals surface area contributed by atoms with Gasteiger partial charge in [0.15, 0.2) is 0 Å². The monoisotopic (exact) mass is 641 g/mol. The Hall–Kier alpha value is -2.18. The molecular formula is C37H37Cl2Zr. The number of allylic oxidation sites excluding steroid dienone is 4. The van der Waals surface area contributed by atoms with E-state index in [2.05, 4.69) is 148 Å². The van der Waals surface area contributed by atoms with Gasteiger partial charge in [0, 0.05) is 0 Å². The van der Waals surface area contributed by atoms with Gasteiger partial charge in [-0.05, 0) is 0 Å². The van der Waals surface area contributed by atoms with E-state index in [0.29, 0.717) is 0 Å². The first-order chi connectivity index (χ1) is 19.2. The van der Waals surface area contributed by atoms with Crippen LogP contribution in [0.15, 0.2) is 133 Å². The van der Waals surface area contributed by atoms with Crippen molar-refractivity contribution in [1.29, 1.82) is 0 Å². The Bertz CT molecular complexity index is 1490. The summed E-state index contributed by atoms with van der Waals surface area (Å²) in [5.74, 6) is 0. The summed E-state index contributed by atoms with van der Waals surface area (Å²) in [6.45, 7) is 6.84. The van der Waals surface area contributed by atoms with Crippen LogP contribution in [0.2, 0.25) is 7.25 Å². The van der Waals surface area contributed by atoms with Crippen molar-refractivity contribution in [2.45, 2.75) is 44.5 Å². The van der Waals surface area contributed by atoms with Crippen LogP contribution in [0.25, 0.3) is 11.1 Å². The minimum absolute atomic E-state index is 0.000170. The van der Waals surface area contributed by atoms with Crippen molar-refractivity contribution in [1.82, 2.24) is 0 Å². The molecule has 6 rings (SSSR count). The van der Waals surface area contributed by atoms with Gasteiger partial charge in [-0.25, -0.2) is 0 Å². The summed E-state index contributed by atoms with van der Waals surface area (Å²) in [5.41, 5.74) is 9.13. The van der Waals surface area contributed by atoms with Crippen molar-refractivity contribution in [2.24, 2.45) is 5.41 Å². The second kappa shape index (κ2) is 10.6. The van der Waals surface area contributed by atoms with Crippen LogP contribution in [0.3, 0.4) is 0 Å². The predicted octanol–water partition coefficient (Wildman–Crippen LogP) is 11.4. The van der Waals surface area contributed by atoms with E-state index in [1.165, 1.54) is 39.0 Å². The summed E-state index contributed by atoms with van der Waals surface area (Å²) in [5, 5.41) is 0. The van der Waals surface area contributed by atoms with Gasteiger partial charge in [0.2, 0.25) is 0 Å². The molecule has 0 fully saturated rings. The van der Waals surface area contributed by atoms with Crippen LogP contribution in [-0.2, 0) is 29.2 Å². The first-order valence-corrected chi connectivity index (χ1v) is 25.0. The molecule has 3 heteroatoms. The van der Waals surface area contributed by atoms with Crippen LogP contribution >= 0.6 is 17.0 Å². The van der Waals surface area contributed by atoms with Gasteiger partial charge in [-0.15, -0.1) is 0 Å². The molecule has 0 radical (unpaired) electrons. The second-order valence-electron chi connectivity index (χ2n) is 12.7. The van der Waals surface area contributed by atoms with E-state index in [1.54, 1.807) is 0 Å². The van der Waals surface area contributed by atoms with E-state index >= 15 is 0 Å². The van der Waals surface area contributed by atoms with Crippen LogP contribution in [0.1, 0.15) is 46.7 Å². The van der Waals surface area contributed by atoms with Crippen LogP contribution in [0, 0.1) is 5.41 Å². The fraction of sp³-hybridized carbons (Fsp3) is 0.243. The van der Waals surface area contributed by atoms with Crippen molar-refractivity contribution in [3.05, 3.63) is 155 Å². The summed E-state index contributed by atoms with van der Waals surface area (Å²) < 4.78 is 0.143. The van der Waals surface area contributed by atoms with Gasteiger partial charge in [-0.1, -0.05) is 0 Å². The Labute approximate surface area is 248 Å². The summed E-state index contributed by atoms with van der Waals surface area (Å²) in [6, 6.07) is 39.3. The summed E-state index contributed by atoms with van der Waals surface area (Å²) in [7, 11) is 17.2. The third-order valence-electron chi connectivity index (χ3n) is 9.16. The number of hydrogen-bond acceptors (Lipinski definition) is 0. The zero-order chi connectivity index (χ0) is 28.0. The van der Waals surface area contributed by atoms with Gasteiger partial charge in [-0.3, -0.25) is 0 Å². The molecule has 0 amide bonds. The number of fused-ring (bicyclic) bond motifs is 3. The molecule has 0 saturated heterocycles. The zero-order valence-electron chi connectivity index (χ0n) is 23.5. The summed E-state index contributed by atoms with van der Waals surface area (Å²) in [4.78, 5) is 0. The number of rotatable bonds is 7. The first kappa shape index (κ1) is 28.0. The van der Waals surface area contributed by atoms with E-state index in [-0.39, 0.29) is 16.3 Å². The SMILES string of the molecule is CC(C)(C)C1=C[CH]([Zr]([Cl])([Cl])([CH](Cc2ccccc2)Cc2ccccc2)[CH]2c3ccccc3-c3ccccc32)C=C1. The molecule has 1 atom stereocenters. The molecule has 2 aliphatic rings. The quantitative estimate of drug-likeness (QED) is 0.188. The molecule has 40 heavy (non-hydrogen) atoms. The van der Waals surface area contributed by atoms with Crippen LogP contribution in [0.4, 0.5) is 0 Å². The minimum atomic E-state index is -5.04. The molecule has 1 unspecified atom stereocenters. The average Bonchev–Trinajstić information content (AvgIpc) is 3.59. The molecule has 0 aromatic heterocycles. The maximum atomic E-state index is 8.62. The molecule has 203 valence electrons. The van der Waals surface area contributed by atoms with Crippen molar-refractivity contribution < 1.29 is 16.4 Å². The molecule has 4 aromatic rings. The number of benzene rings is 4. The van der Waals surface area contributed by atoms with E-state index in [9.17, 15) is 0 Å². The van der Waals surface area contributed by atoms with Gasteiger partial charge in [-0.2, -0.15) is 0 Å². The van der Waals surface area contributed by atoms with Gasteiger partial charge >= 0.3 is 250 Å². The number of halogens is 2. The normalized spacial score (nSPS) is 17.8. The molecule has 0 nitrogen and oxygen atoms in total. The molecule has 2 aliphatic carbocycles. The van der Waals surface area contributed by atoms with Crippen molar-refractivity contribution >= 4 is 17.0 Å². The molecule has 0 N–H and O–H groups in total. The number of hydrogen-bond donors (Lipinski definition) is 0. The van der Waals surface area contributed by atoms with E-state index in [4.69, 9.17) is 17.0 Å². The molecular weight excluding hydrogens is 607 g/mol. The third-order valence-corrected chi connectivity index (χ3v) is 31.5. The second-order valence-corrected chi connectivity index (χ2v) is 34.9. The zero-order valence-corrected chi connectivity index (χ0v) is 27.5. The van der Waals surface area contributed by atoms with Crippen molar-refractivity contribution in [2.75, 3.05) is 0 Å². The fourth-order valence-electron chi connectivity index (χ4n) is 7.06. The van der Waals surface area contributed by atoms with Gasteiger partial charge in [0.05, 0.1) is 0 Å². The van der Waals surface area contributed by atoms with Crippen LogP contribution in [0.5, 0.6) is 0 Å². The standard InChI is InChI=1S/C15H15.C13H9.C9H13.2ClH.Zr/c1-3-8-14(9-4-1)12-7-13-15-10-5-2-6-11-15;1-3-7-12-10(5-1)9-11-6-2-4-8-13(11)12;1-9(2,3)8-6-4-5-7-8;;;/h1-11H,12-13H2;1-9H;4-7H,1-3H3;2*1H;/q;;;;;+2/p-2. The fourth-order valence-corrected chi connectivity index (χ4v) is 26.3. The van der Waals surface area contributed by atoms with Crippen molar-refractivity contribution in [3.8, 4) is 11.1 Å². The first-order valence-electron chi connectivity index (χ1n) is 14.4. The molecule has 4 aromatic carbocycles. The Balaban J connectivity index is 1.62. The Kier molecular flexibility index (Phi) is 7.40. The predicted molar refractivity (Wildman–Crippen MR) is 170 cm³/mol. The van der Waals surface area contributed by atoms with E-state index in [1.807, 2.05) is 0 Å². The Morgan fingerprint density at radius 1 is 0.650 bits per heavy atom. The molecule has 0 aliphatic heterocycles. The van der Waals surface area contributed by atoms with E-state index < -0.39 is 16.4 Å². The maximum absolute atomic E-state index is 8.62. The summed E-state index contributed by atoms with van der Waals surface area (Å²) >= 11 is -5.04. The Morgan fingerprint density at radius 2 is 1.10 bits per heavy atom. The molecule has 0 bridgehead atoms. The average molecular weight is 644 g/mol. The van der Waals surface area contributed by atoms with Crippen LogP contribution in [-0.4, -0.2) is 0 Å². The van der Waals surface area contributed by atoms with Gasteiger partial charge in [0.25, 0.3) is 0 Å². The summed E-state index contributed by atoms with van der Waals surface area (Å²) in [6.07, 6.45) is 8.82. The van der Waals surface area contributed by atoms with Crippen molar-refractivity contribution in [3.63, 3.8) is 0 Å². The van der Waals surface area contributed by atoms with E-state index in [0.717, 1.165) is 12.8 Å². The molecule has 0 saturated carbocycles. The Morgan fingerprint density at radius 3 is 1.55 bits per heavy atom. The topological polar surface area (TPSA) is 0 Å². The molecule has 0 heterocycles. The van der Waals surface area contributed by atoms with Gasteiger partial charge < -0.3 is 0 Å². The van der Waals surface area contributed by atoms with Gasteiger partial charge in [0.1, 0.15) is 0 Å². The molecule has 0 spiro atoms. The third kappa shape index (κ3) is 4.83. The van der Waals surface area contributed by atoms with Crippen LogP contribution < -0.4 is 0 Å².